The van der Waals surface area contributed by atoms with Crippen molar-refractivity contribution in [2.75, 3.05) is 13.1 Å². The molecule has 1 saturated heterocycles. The van der Waals surface area contributed by atoms with Gasteiger partial charge < -0.3 is 9.32 Å². The van der Waals surface area contributed by atoms with Crippen LogP contribution in [-0.4, -0.2) is 34.1 Å². The monoisotopic (exact) mass is 375 g/mol. The summed E-state index contributed by atoms with van der Waals surface area (Å²) in [6.07, 6.45) is 3.07. The van der Waals surface area contributed by atoms with Crippen LogP contribution in [0.15, 0.2) is 28.7 Å². The molecule has 1 fully saturated rings. The Morgan fingerprint density at radius 2 is 2.00 bits per heavy atom. The molecule has 1 amide bonds. The molecule has 1 aromatic carbocycles. The number of amides is 1. The number of carbonyl (C=O) groups is 1. The summed E-state index contributed by atoms with van der Waals surface area (Å²) in [4.78, 5) is 14.6. The molecule has 1 atom stereocenters. The molecule has 1 aliphatic heterocycles. The van der Waals surface area contributed by atoms with Gasteiger partial charge in [-0.25, -0.2) is 0 Å². The van der Waals surface area contributed by atoms with Crippen LogP contribution >= 0.6 is 11.6 Å². The number of carbonyl (C=O) groups excluding carboxylic acids is 1. The number of nitrogens with zero attached hydrogens (tertiary/aromatic N) is 3. The number of piperidine rings is 1. The molecule has 0 bridgehead atoms. The van der Waals surface area contributed by atoms with Gasteiger partial charge in [-0.2, -0.15) is 0 Å². The Kier molecular flexibility index (Phi) is 5.66. The maximum atomic E-state index is 12.6. The van der Waals surface area contributed by atoms with E-state index < -0.39 is 0 Å². The van der Waals surface area contributed by atoms with Crippen molar-refractivity contribution in [3.63, 3.8) is 0 Å². The first kappa shape index (κ1) is 18.9. The fraction of sp³-hybridized carbons (Fsp3) is 0.550. The van der Waals surface area contributed by atoms with Crippen LogP contribution in [0, 0.1) is 5.41 Å². The van der Waals surface area contributed by atoms with E-state index in [2.05, 4.69) is 31.0 Å². The molecule has 6 heteroatoms. The van der Waals surface area contributed by atoms with Gasteiger partial charge in [0.1, 0.15) is 0 Å². The molecule has 5 nitrogen and oxygen atoms in total. The number of benzene rings is 1. The van der Waals surface area contributed by atoms with Crippen molar-refractivity contribution in [3.05, 3.63) is 46.6 Å². The quantitative estimate of drug-likeness (QED) is 0.801. The molecule has 0 saturated carbocycles. The Morgan fingerprint density at radius 1 is 1.27 bits per heavy atom. The van der Waals surface area contributed by atoms with Crippen molar-refractivity contribution >= 4 is 17.5 Å². The second-order valence-electron chi connectivity index (χ2n) is 8.25. The first-order valence-corrected chi connectivity index (χ1v) is 9.52. The zero-order chi connectivity index (χ0) is 18.7. The first-order valence-electron chi connectivity index (χ1n) is 9.15. The maximum absolute atomic E-state index is 12.6. The predicted octanol–water partition coefficient (Wildman–Crippen LogP) is 4.26. The summed E-state index contributed by atoms with van der Waals surface area (Å²) in [5.41, 5.74) is 1.09. The minimum absolute atomic E-state index is 0.108. The lowest BCUT2D eigenvalue weighted by Crippen LogP contribution is -2.40. The number of rotatable bonds is 4. The fourth-order valence-electron chi connectivity index (χ4n) is 3.25. The third-order valence-corrected chi connectivity index (χ3v) is 4.81. The van der Waals surface area contributed by atoms with Crippen LogP contribution in [-0.2, 0) is 17.6 Å². The molecule has 140 valence electrons. The molecule has 0 spiro atoms. The van der Waals surface area contributed by atoms with Crippen molar-refractivity contribution in [1.82, 2.24) is 15.1 Å². The Balaban J connectivity index is 1.61. The van der Waals surface area contributed by atoms with E-state index in [0.29, 0.717) is 29.8 Å². The second-order valence-corrected chi connectivity index (χ2v) is 8.69. The number of hydrogen-bond acceptors (Lipinski definition) is 4. The fourth-order valence-corrected chi connectivity index (χ4v) is 3.38. The summed E-state index contributed by atoms with van der Waals surface area (Å²) in [5.74, 6) is 1.59. The normalized spacial score (nSPS) is 18.2. The standard InChI is InChI=1S/C20H26ClN3O2/c1-20(2,3)12-17-22-23-19(26-17)15-5-4-10-24(13-15)18(25)11-14-6-8-16(21)9-7-14/h6-9,15H,4-5,10-13H2,1-3H3. The summed E-state index contributed by atoms with van der Waals surface area (Å²) in [6, 6.07) is 7.44. The highest BCUT2D eigenvalue weighted by Gasteiger charge is 2.29. The lowest BCUT2D eigenvalue weighted by Gasteiger charge is -2.31. The van der Waals surface area contributed by atoms with Gasteiger partial charge in [-0.3, -0.25) is 4.79 Å². The zero-order valence-corrected chi connectivity index (χ0v) is 16.4. The van der Waals surface area contributed by atoms with E-state index in [4.69, 9.17) is 16.0 Å². The molecular weight excluding hydrogens is 350 g/mol. The molecule has 0 radical (unpaired) electrons. The zero-order valence-electron chi connectivity index (χ0n) is 15.7. The van der Waals surface area contributed by atoms with Crippen molar-refractivity contribution in [1.29, 1.82) is 0 Å². The molecule has 2 heterocycles. The van der Waals surface area contributed by atoms with Crippen LogP contribution in [0.1, 0.15) is 56.9 Å². The van der Waals surface area contributed by atoms with Gasteiger partial charge in [0.15, 0.2) is 0 Å². The Hall–Kier alpha value is -1.88. The largest absolute Gasteiger partial charge is 0.425 e. The van der Waals surface area contributed by atoms with E-state index in [1.54, 1.807) is 0 Å². The van der Waals surface area contributed by atoms with Crippen LogP contribution in [0.25, 0.3) is 0 Å². The third kappa shape index (κ3) is 5.07. The highest BCUT2D eigenvalue weighted by Crippen LogP contribution is 2.28. The lowest BCUT2D eigenvalue weighted by molar-refractivity contribution is -0.131. The van der Waals surface area contributed by atoms with Gasteiger partial charge in [-0.15, -0.1) is 10.2 Å². The summed E-state index contributed by atoms with van der Waals surface area (Å²) in [5, 5.41) is 9.11. The van der Waals surface area contributed by atoms with Crippen LogP contribution in [0.3, 0.4) is 0 Å². The van der Waals surface area contributed by atoms with Crippen LogP contribution < -0.4 is 0 Å². The number of halogens is 1. The van der Waals surface area contributed by atoms with Gasteiger partial charge in [0.25, 0.3) is 0 Å². The van der Waals surface area contributed by atoms with E-state index in [1.807, 2.05) is 29.2 Å². The molecule has 1 aromatic heterocycles. The van der Waals surface area contributed by atoms with Crippen molar-refractivity contribution < 1.29 is 9.21 Å². The van der Waals surface area contributed by atoms with Gasteiger partial charge in [0.2, 0.25) is 17.7 Å². The van der Waals surface area contributed by atoms with Crippen LogP contribution in [0.4, 0.5) is 0 Å². The third-order valence-electron chi connectivity index (χ3n) is 4.56. The summed E-state index contributed by atoms with van der Waals surface area (Å²) in [6.45, 7) is 7.87. The molecule has 2 aromatic rings. The molecule has 1 aliphatic rings. The number of aromatic nitrogens is 2. The highest BCUT2D eigenvalue weighted by atomic mass is 35.5. The average Bonchev–Trinajstić information content (AvgIpc) is 3.03. The minimum Gasteiger partial charge on any atom is -0.425 e. The van der Waals surface area contributed by atoms with Gasteiger partial charge in [-0.1, -0.05) is 44.5 Å². The SMILES string of the molecule is CC(C)(C)Cc1nnc(C2CCCN(C(=O)Cc3ccc(Cl)cc3)C2)o1. The van der Waals surface area contributed by atoms with Crippen LogP contribution in [0.2, 0.25) is 5.02 Å². The average molecular weight is 376 g/mol. The van der Waals surface area contributed by atoms with Gasteiger partial charge in [0, 0.05) is 24.5 Å². The highest BCUT2D eigenvalue weighted by molar-refractivity contribution is 6.30. The smallest absolute Gasteiger partial charge is 0.227 e. The minimum atomic E-state index is 0.108. The Bertz CT molecular complexity index is 749. The Morgan fingerprint density at radius 3 is 2.69 bits per heavy atom. The van der Waals surface area contributed by atoms with Gasteiger partial charge in [-0.05, 0) is 36.0 Å². The molecule has 26 heavy (non-hydrogen) atoms. The van der Waals surface area contributed by atoms with Crippen molar-refractivity contribution in [3.8, 4) is 0 Å². The lowest BCUT2D eigenvalue weighted by atomic mass is 9.92. The van der Waals surface area contributed by atoms with E-state index >= 15 is 0 Å². The molecular formula is C20H26ClN3O2. The summed E-state index contributed by atoms with van der Waals surface area (Å²) < 4.78 is 5.88. The number of likely N-dealkylation sites (tertiary alicyclic amines) is 1. The first-order chi connectivity index (χ1) is 12.3. The van der Waals surface area contributed by atoms with Crippen LogP contribution in [0.5, 0.6) is 0 Å². The molecule has 3 rings (SSSR count). The molecule has 1 unspecified atom stereocenters. The van der Waals surface area contributed by atoms with Gasteiger partial charge >= 0.3 is 0 Å². The van der Waals surface area contributed by atoms with E-state index in [9.17, 15) is 4.79 Å². The topological polar surface area (TPSA) is 59.2 Å². The molecule has 0 aliphatic carbocycles. The van der Waals surface area contributed by atoms with E-state index in [-0.39, 0.29) is 17.2 Å². The molecule has 0 N–H and O–H groups in total. The van der Waals surface area contributed by atoms with E-state index in [1.165, 1.54) is 0 Å². The number of hydrogen-bond donors (Lipinski definition) is 0. The second kappa shape index (κ2) is 7.78. The summed E-state index contributed by atoms with van der Waals surface area (Å²) >= 11 is 5.91. The Labute approximate surface area is 159 Å². The maximum Gasteiger partial charge on any atom is 0.227 e. The van der Waals surface area contributed by atoms with E-state index in [0.717, 1.165) is 31.4 Å². The van der Waals surface area contributed by atoms with Crippen molar-refractivity contribution in [2.45, 2.75) is 52.4 Å². The summed E-state index contributed by atoms with van der Waals surface area (Å²) in [7, 11) is 0. The van der Waals surface area contributed by atoms with Crippen molar-refractivity contribution in [2.24, 2.45) is 5.41 Å². The predicted molar refractivity (Wildman–Crippen MR) is 101 cm³/mol. The van der Waals surface area contributed by atoms with Gasteiger partial charge in [0.05, 0.1) is 12.3 Å².